The van der Waals surface area contributed by atoms with Gasteiger partial charge in [0.15, 0.2) is 0 Å². The van der Waals surface area contributed by atoms with Gasteiger partial charge in [0.2, 0.25) is 0 Å². The van der Waals surface area contributed by atoms with E-state index in [2.05, 4.69) is 17.6 Å². The number of esters is 1. The summed E-state index contributed by atoms with van der Waals surface area (Å²) in [5.74, 6) is 2.28. The van der Waals surface area contributed by atoms with E-state index in [1.165, 1.54) is 26.4 Å². The Kier molecular flexibility index (Phi) is 9.50. The quantitative estimate of drug-likeness (QED) is 0.408. The van der Waals surface area contributed by atoms with Crippen LogP contribution in [0.25, 0.3) is 0 Å². The van der Waals surface area contributed by atoms with E-state index in [1.54, 1.807) is 11.8 Å². The zero-order chi connectivity index (χ0) is 22.1. The van der Waals surface area contributed by atoms with Crippen molar-refractivity contribution in [2.45, 2.75) is 82.2 Å². The molecule has 2 aliphatic carbocycles. The molecule has 0 bridgehead atoms. The van der Waals surface area contributed by atoms with E-state index in [0.717, 1.165) is 68.1 Å². The molecule has 6 nitrogen and oxygen atoms in total. The first-order valence-corrected chi connectivity index (χ1v) is 12.9. The molecule has 7 heteroatoms. The van der Waals surface area contributed by atoms with Gasteiger partial charge < -0.3 is 15.4 Å². The highest BCUT2D eigenvalue weighted by atomic mass is 32.2. The SMILES string of the molecule is CCCSc1nc(NCC2CCC(C(=O)OC)CC2)ccc1C(=O)NC1CCCCC1. The molecule has 2 aliphatic rings. The number of methoxy groups -OCH3 is 1. The Hall–Kier alpha value is -1.76. The molecule has 2 N–H and O–H groups in total. The van der Waals surface area contributed by atoms with E-state index in [9.17, 15) is 9.59 Å². The van der Waals surface area contributed by atoms with Crippen molar-refractivity contribution >= 4 is 29.5 Å². The smallest absolute Gasteiger partial charge is 0.308 e. The van der Waals surface area contributed by atoms with Crippen LogP contribution in [0.3, 0.4) is 0 Å². The van der Waals surface area contributed by atoms with Crippen LogP contribution >= 0.6 is 11.8 Å². The lowest BCUT2D eigenvalue weighted by atomic mass is 9.82. The summed E-state index contributed by atoms with van der Waals surface area (Å²) in [4.78, 5) is 29.4. The van der Waals surface area contributed by atoms with E-state index in [-0.39, 0.29) is 17.8 Å². The van der Waals surface area contributed by atoms with Gasteiger partial charge in [-0.15, -0.1) is 11.8 Å². The van der Waals surface area contributed by atoms with Gasteiger partial charge >= 0.3 is 5.97 Å². The predicted molar refractivity (Wildman–Crippen MR) is 126 cm³/mol. The standard InChI is InChI=1S/C24H37N3O3S/c1-3-15-31-23-20(22(28)26-19-7-5-4-6-8-19)13-14-21(27-23)25-16-17-9-11-18(12-10-17)24(29)30-2/h13-14,17-19H,3-12,15-16H2,1-2H3,(H,25,27)(H,26,28). The summed E-state index contributed by atoms with van der Waals surface area (Å²) in [6.07, 6.45) is 10.7. The molecule has 1 aromatic heterocycles. The summed E-state index contributed by atoms with van der Waals surface area (Å²) in [6, 6.07) is 4.13. The number of rotatable bonds is 9. The molecule has 1 aromatic rings. The third-order valence-corrected chi connectivity index (χ3v) is 7.64. The van der Waals surface area contributed by atoms with Crippen molar-refractivity contribution in [2.24, 2.45) is 11.8 Å². The van der Waals surface area contributed by atoms with Crippen molar-refractivity contribution in [1.82, 2.24) is 10.3 Å². The first-order chi connectivity index (χ1) is 15.1. The van der Waals surface area contributed by atoms with Crippen molar-refractivity contribution < 1.29 is 14.3 Å². The Bertz CT molecular complexity index is 729. The molecule has 0 radical (unpaired) electrons. The van der Waals surface area contributed by atoms with Crippen LogP contribution < -0.4 is 10.6 Å². The summed E-state index contributed by atoms with van der Waals surface area (Å²) < 4.78 is 4.88. The van der Waals surface area contributed by atoms with Gasteiger partial charge in [0.25, 0.3) is 5.91 Å². The lowest BCUT2D eigenvalue weighted by molar-refractivity contribution is -0.146. The van der Waals surface area contributed by atoms with E-state index in [1.807, 2.05) is 12.1 Å². The number of pyridine rings is 1. The normalized spacial score (nSPS) is 22.0. The fourth-order valence-electron chi connectivity index (χ4n) is 4.55. The van der Waals surface area contributed by atoms with Gasteiger partial charge in [-0.05, 0) is 68.7 Å². The van der Waals surface area contributed by atoms with Gasteiger partial charge in [-0.3, -0.25) is 9.59 Å². The number of amides is 1. The average molecular weight is 448 g/mol. The number of hydrogen-bond donors (Lipinski definition) is 2. The fraction of sp³-hybridized carbons (Fsp3) is 0.708. The Morgan fingerprint density at radius 2 is 1.84 bits per heavy atom. The molecular formula is C24H37N3O3S. The highest BCUT2D eigenvalue weighted by Gasteiger charge is 2.27. The number of thioether (sulfide) groups is 1. The number of aromatic nitrogens is 1. The van der Waals surface area contributed by atoms with Crippen LogP contribution in [-0.4, -0.2) is 42.3 Å². The van der Waals surface area contributed by atoms with Crippen LogP contribution in [0.2, 0.25) is 0 Å². The molecule has 0 atom stereocenters. The maximum atomic E-state index is 12.9. The number of nitrogens with one attached hydrogen (secondary N) is 2. The number of carbonyl (C=O) groups excluding carboxylic acids is 2. The molecule has 1 heterocycles. The van der Waals surface area contributed by atoms with Crippen LogP contribution in [0.15, 0.2) is 17.2 Å². The highest BCUT2D eigenvalue weighted by Crippen LogP contribution is 2.30. The van der Waals surface area contributed by atoms with Crippen molar-refractivity contribution in [2.75, 3.05) is 24.7 Å². The second-order valence-corrected chi connectivity index (χ2v) is 9.91. The number of nitrogens with zero attached hydrogens (tertiary/aromatic N) is 1. The number of ether oxygens (including phenoxy) is 1. The van der Waals surface area contributed by atoms with E-state index in [4.69, 9.17) is 9.72 Å². The molecule has 0 unspecified atom stereocenters. The summed E-state index contributed by atoms with van der Waals surface area (Å²) in [5, 5.41) is 7.50. The Morgan fingerprint density at radius 1 is 1.10 bits per heavy atom. The minimum absolute atomic E-state index is 0.00526. The molecule has 0 spiro atoms. The van der Waals surface area contributed by atoms with Gasteiger partial charge in [-0.25, -0.2) is 4.98 Å². The molecule has 31 heavy (non-hydrogen) atoms. The zero-order valence-corrected chi connectivity index (χ0v) is 19.8. The number of anilines is 1. The van der Waals surface area contributed by atoms with Crippen LogP contribution in [0.4, 0.5) is 5.82 Å². The average Bonchev–Trinajstić information content (AvgIpc) is 2.81. The molecule has 1 amide bonds. The van der Waals surface area contributed by atoms with Crippen LogP contribution in [0.1, 0.15) is 81.5 Å². The molecule has 172 valence electrons. The Morgan fingerprint density at radius 3 is 2.52 bits per heavy atom. The van der Waals surface area contributed by atoms with E-state index in [0.29, 0.717) is 17.5 Å². The van der Waals surface area contributed by atoms with Crippen molar-refractivity contribution in [3.05, 3.63) is 17.7 Å². The van der Waals surface area contributed by atoms with Crippen LogP contribution in [0, 0.1) is 11.8 Å². The molecule has 2 saturated carbocycles. The van der Waals surface area contributed by atoms with Crippen molar-refractivity contribution in [3.63, 3.8) is 0 Å². The Labute approximate surface area is 190 Å². The van der Waals surface area contributed by atoms with Crippen LogP contribution in [0.5, 0.6) is 0 Å². The van der Waals surface area contributed by atoms with Crippen molar-refractivity contribution in [1.29, 1.82) is 0 Å². The molecule has 3 rings (SSSR count). The van der Waals surface area contributed by atoms with E-state index < -0.39 is 0 Å². The third-order valence-electron chi connectivity index (χ3n) is 6.44. The van der Waals surface area contributed by atoms with Gasteiger partial charge in [0.1, 0.15) is 10.8 Å². The topological polar surface area (TPSA) is 80.3 Å². The third kappa shape index (κ3) is 7.13. The minimum Gasteiger partial charge on any atom is -0.469 e. The first kappa shape index (κ1) is 23.9. The molecule has 0 aliphatic heterocycles. The second kappa shape index (κ2) is 12.3. The van der Waals surface area contributed by atoms with Gasteiger partial charge in [-0.2, -0.15) is 0 Å². The lowest BCUT2D eigenvalue weighted by Crippen LogP contribution is -2.36. The maximum Gasteiger partial charge on any atom is 0.308 e. The monoisotopic (exact) mass is 447 g/mol. The maximum absolute atomic E-state index is 12.9. The zero-order valence-electron chi connectivity index (χ0n) is 19.0. The predicted octanol–water partition coefficient (Wildman–Crippen LogP) is 5.04. The van der Waals surface area contributed by atoms with Gasteiger partial charge in [-0.1, -0.05) is 26.2 Å². The highest BCUT2D eigenvalue weighted by molar-refractivity contribution is 7.99. The minimum atomic E-state index is -0.0761. The van der Waals surface area contributed by atoms with Gasteiger partial charge in [0, 0.05) is 12.6 Å². The first-order valence-electron chi connectivity index (χ1n) is 11.9. The largest absolute Gasteiger partial charge is 0.469 e. The summed E-state index contributed by atoms with van der Waals surface area (Å²) in [7, 11) is 1.47. The Balaban J connectivity index is 1.57. The summed E-state index contributed by atoms with van der Waals surface area (Å²) in [5.41, 5.74) is 0.688. The number of hydrogen-bond acceptors (Lipinski definition) is 6. The van der Waals surface area contributed by atoms with Crippen molar-refractivity contribution in [3.8, 4) is 0 Å². The molecule has 0 aromatic carbocycles. The summed E-state index contributed by atoms with van der Waals surface area (Å²) >= 11 is 1.66. The molecule has 0 saturated heterocycles. The number of carbonyl (C=O) groups is 2. The molecular weight excluding hydrogens is 410 g/mol. The lowest BCUT2D eigenvalue weighted by Gasteiger charge is -2.27. The van der Waals surface area contributed by atoms with Crippen LogP contribution in [-0.2, 0) is 9.53 Å². The van der Waals surface area contributed by atoms with E-state index >= 15 is 0 Å². The summed E-state index contributed by atoms with van der Waals surface area (Å²) in [6.45, 7) is 2.98. The van der Waals surface area contributed by atoms with Gasteiger partial charge in [0.05, 0.1) is 18.6 Å². The molecule has 2 fully saturated rings. The fourth-order valence-corrected chi connectivity index (χ4v) is 5.43. The second-order valence-electron chi connectivity index (χ2n) is 8.83.